The van der Waals surface area contributed by atoms with Crippen molar-refractivity contribution in [2.75, 3.05) is 39.3 Å². The van der Waals surface area contributed by atoms with Gasteiger partial charge in [-0.1, -0.05) is 0 Å². The van der Waals surface area contributed by atoms with Gasteiger partial charge in [0, 0.05) is 32.8 Å². The third-order valence-electron chi connectivity index (χ3n) is 4.36. The third kappa shape index (κ3) is 5.16. The molecule has 1 amide bonds. The summed E-state index contributed by atoms with van der Waals surface area (Å²) in [6, 6.07) is 0. The molecule has 2 fully saturated rings. The maximum Gasteiger partial charge on any atom is 0.244 e. The molecule has 22 heavy (non-hydrogen) atoms. The molecule has 0 spiro atoms. The van der Waals surface area contributed by atoms with Crippen LogP contribution in [0, 0.1) is 0 Å². The van der Waals surface area contributed by atoms with E-state index in [1.807, 2.05) is 11.8 Å². The molecule has 0 aromatic rings. The van der Waals surface area contributed by atoms with Crippen LogP contribution >= 0.6 is 0 Å². The highest BCUT2D eigenvalue weighted by Crippen LogP contribution is 2.23. The Labute approximate surface area is 133 Å². The predicted molar refractivity (Wildman–Crippen MR) is 88.0 cm³/mol. The van der Waals surface area contributed by atoms with Gasteiger partial charge in [0.2, 0.25) is 5.91 Å². The minimum absolute atomic E-state index is 0.118. The van der Waals surface area contributed by atoms with Gasteiger partial charge in [-0.3, -0.25) is 4.79 Å². The molecule has 1 unspecified atom stereocenters. The Morgan fingerprint density at radius 3 is 2.64 bits per heavy atom. The summed E-state index contributed by atoms with van der Waals surface area (Å²) < 4.78 is 5.77. The molecular weight excluding hydrogens is 280 g/mol. The van der Waals surface area contributed by atoms with Crippen molar-refractivity contribution in [1.29, 1.82) is 0 Å². The van der Waals surface area contributed by atoms with Crippen LogP contribution in [-0.2, 0) is 9.53 Å². The zero-order valence-electron chi connectivity index (χ0n) is 14.0. The van der Waals surface area contributed by atoms with Crippen molar-refractivity contribution in [1.82, 2.24) is 15.5 Å². The van der Waals surface area contributed by atoms with E-state index >= 15 is 0 Å². The van der Waals surface area contributed by atoms with E-state index in [1.54, 1.807) is 0 Å². The Bertz CT molecular complexity index is 386. The molecule has 0 radical (unpaired) electrons. The molecule has 0 aromatic carbocycles. The van der Waals surface area contributed by atoms with Crippen LogP contribution in [0.3, 0.4) is 0 Å². The quantitative estimate of drug-likeness (QED) is 0.590. The van der Waals surface area contributed by atoms with E-state index in [0.717, 1.165) is 58.5 Å². The highest BCUT2D eigenvalue weighted by molar-refractivity contribution is 5.85. The Hall–Kier alpha value is -1.30. The zero-order valence-corrected chi connectivity index (χ0v) is 14.0. The zero-order chi connectivity index (χ0) is 15.8. The maximum absolute atomic E-state index is 12.2. The summed E-state index contributed by atoms with van der Waals surface area (Å²) in [7, 11) is 0. The van der Waals surface area contributed by atoms with E-state index in [4.69, 9.17) is 4.74 Å². The lowest BCUT2D eigenvalue weighted by molar-refractivity contribution is -0.130. The van der Waals surface area contributed by atoms with Crippen molar-refractivity contribution in [3.05, 3.63) is 0 Å². The maximum atomic E-state index is 12.2. The Morgan fingerprint density at radius 1 is 1.23 bits per heavy atom. The Kier molecular flexibility index (Phi) is 6.49. The molecule has 0 bridgehead atoms. The summed E-state index contributed by atoms with van der Waals surface area (Å²) in [5.74, 6) is 0.824. The van der Waals surface area contributed by atoms with E-state index < -0.39 is 0 Å². The van der Waals surface area contributed by atoms with Gasteiger partial charge in [0.05, 0.1) is 5.60 Å². The smallest absolute Gasteiger partial charge is 0.244 e. The van der Waals surface area contributed by atoms with Gasteiger partial charge >= 0.3 is 0 Å². The normalized spacial score (nSPS) is 26.1. The van der Waals surface area contributed by atoms with Gasteiger partial charge in [0.1, 0.15) is 6.54 Å². The molecule has 0 saturated carbocycles. The number of amides is 1. The van der Waals surface area contributed by atoms with Crippen molar-refractivity contribution >= 4 is 11.9 Å². The fraction of sp³-hybridized carbons (Fsp3) is 0.875. The Balaban J connectivity index is 1.81. The van der Waals surface area contributed by atoms with Gasteiger partial charge in [-0.25, -0.2) is 4.99 Å². The molecule has 2 rings (SSSR count). The number of aliphatic imine (C=N–C) groups is 1. The molecule has 126 valence electrons. The minimum Gasteiger partial charge on any atom is -0.373 e. The highest BCUT2D eigenvalue weighted by Gasteiger charge is 2.29. The van der Waals surface area contributed by atoms with Crippen molar-refractivity contribution in [2.24, 2.45) is 4.99 Å². The number of guanidine groups is 1. The number of ether oxygens (including phenoxy) is 1. The number of nitrogens with zero attached hydrogens (tertiary/aromatic N) is 2. The van der Waals surface area contributed by atoms with Crippen molar-refractivity contribution in [2.45, 2.75) is 51.6 Å². The Morgan fingerprint density at radius 2 is 2.00 bits per heavy atom. The lowest BCUT2D eigenvalue weighted by Gasteiger charge is -2.26. The van der Waals surface area contributed by atoms with Gasteiger partial charge in [0.15, 0.2) is 5.96 Å². The molecular formula is C16H30N4O2. The molecule has 2 heterocycles. The van der Waals surface area contributed by atoms with Crippen LogP contribution in [0.25, 0.3) is 0 Å². The van der Waals surface area contributed by atoms with Gasteiger partial charge in [-0.05, 0) is 46.0 Å². The molecule has 6 heteroatoms. The van der Waals surface area contributed by atoms with Crippen LogP contribution in [0.2, 0.25) is 0 Å². The molecule has 1 atom stereocenters. The summed E-state index contributed by atoms with van der Waals surface area (Å²) in [5.41, 5.74) is -0.118. The number of carbonyl (C=O) groups is 1. The van der Waals surface area contributed by atoms with Gasteiger partial charge < -0.3 is 20.3 Å². The van der Waals surface area contributed by atoms with Crippen LogP contribution in [0.4, 0.5) is 0 Å². The average Bonchev–Trinajstić information content (AvgIpc) is 2.98. The SMILES string of the molecule is CCNC(=NCC(=O)N1CCCCC1)NCC1(C)CCCO1. The molecule has 0 aliphatic carbocycles. The first-order valence-corrected chi connectivity index (χ1v) is 8.57. The number of rotatable bonds is 5. The summed E-state index contributed by atoms with van der Waals surface area (Å²) in [6.45, 7) is 8.45. The standard InChI is InChI=1S/C16H30N4O2/c1-3-17-15(19-13-16(2)8-7-11-22-16)18-12-14(21)20-9-5-4-6-10-20/h3-13H2,1-2H3,(H2,17,18,19). The summed E-state index contributed by atoms with van der Waals surface area (Å²) in [6.07, 6.45) is 5.63. The van der Waals surface area contributed by atoms with Crippen LogP contribution in [0.1, 0.15) is 46.0 Å². The summed E-state index contributed by atoms with van der Waals surface area (Å²) >= 11 is 0. The van der Waals surface area contributed by atoms with Crippen molar-refractivity contribution in [3.63, 3.8) is 0 Å². The first-order chi connectivity index (χ1) is 10.6. The molecule has 2 N–H and O–H groups in total. The summed E-state index contributed by atoms with van der Waals surface area (Å²) in [5, 5.41) is 6.50. The van der Waals surface area contributed by atoms with Crippen LogP contribution < -0.4 is 10.6 Å². The fourth-order valence-corrected chi connectivity index (χ4v) is 2.98. The first kappa shape index (κ1) is 17.1. The third-order valence-corrected chi connectivity index (χ3v) is 4.36. The minimum atomic E-state index is -0.118. The largest absolute Gasteiger partial charge is 0.373 e. The van der Waals surface area contributed by atoms with Crippen molar-refractivity contribution in [3.8, 4) is 0 Å². The average molecular weight is 310 g/mol. The van der Waals surface area contributed by atoms with Crippen LogP contribution in [0.5, 0.6) is 0 Å². The van der Waals surface area contributed by atoms with E-state index in [1.165, 1.54) is 6.42 Å². The predicted octanol–water partition coefficient (Wildman–Crippen LogP) is 1.12. The number of piperidine rings is 1. The highest BCUT2D eigenvalue weighted by atomic mass is 16.5. The van der Waals surface area contributed by atoms with Gasteiger partial charge in [-0.15, -0.1) is 0 Å². The molecule has 0 aromatic heterocycles. The number of nitrogens with one attached hydrogen (secondary N) is 2. The van der Waals surface area contributed by atoms with Crippen molar-refractivity contribution < 1.29 is 9.53 Å². The van der Waals surface area contributed by atoms with Crippen LogP contribution in [-0.4, -0.2) is 61.7 Å². The summed E-state index contributed by atoms with van der Waals surface area (Å²) in [4.78, 5) is 18.5. The van der Waals surface area contributed by atoms with E-state index in [0.29, 0.717) is 5.96 Å². The number of hydrogen-bond acceptors (Lipinski definition) is 3. The first-order valence-electron chi connectivity index (χ1n) is 8.57. The molecule has 2 saturated heterocycles. The lowest BCUT2D eigenvalue weighted by Crippen LogP contribution is -2.46. The monoisotopic (exact) mass is 310 g/mol. The number of carbonyl (C=O) groups excluding carboxylic acids is 1. The molecule has 2 aliphatic heterocycles. The second-order valence-electron chi connectivity index (χ2n) is 6.39. The second kappa shape index (κ2) is 8.36. The second-order valence-corrected chi connectivity index (χ2v) is 6.39. The number of likely N-dealkylation sites (tertiary alicyclic amines) is 1. The fourth-order valence-electron chi connectivity index (χ4n) is 2.98. The van der Waals surface area contributed by atoms with Crippen LogP contribution in [0.15, 0.2) is 4.99 Å². The number of hydrogen-bond donors (Lipinski definition) is 2. The van der Waals surface area contributed by atoms with Gasteiger partial charge in [0.25, 0.3) is 0 Å². The topological polar surface area (TPSA) is 66.0 Å². The van der Waals surface area contributed by atoms with Gasteiger partial charge in [-0.2, -0.15) is 0 Å². The van der Waals surface area contributed by atoms with E-state index in [9.17, 15) is 4.79 Å². The molecule has 6 nitrogen and oxygen atoms in total. The molecule has 2 aliphatic rings. The lowest BCUT2D eigenvalue weighted by atomic mass is 10.0. The van der Waals surface area contributed by atoms with E-state index in [-0.39, 0.29) is 18.1 Å². The van der Waals surface area contributed by atoms with E-state index in [2.05, 4.69) is 22.5 Å².